The standard InChI is InChI=1S/C53H30N4S/c54-31-32-23-25-33(26-24-32)41-30-45-47(48-40-19-9-12-22-46(40)58-49(41)48)39-18-8-11-21-43(39)53(45)42-20-10-7-17-37(42)38-28-27-36(29-44(38)53)52-56-50(34-13-3-1-4-14-34)55-51(57-52)35-15-5-2-6-16-35/h1-30H. The Bertz CT molecular complexity index is 3290. The molecule has 5 heteroatoms. The zero-order valence-electron chi connectivity index (χ0n) is 31.0. The van der Waals surface area contributed by atoms with Gasteiger partial charge in [-0.2, -0.15) is 5.26 Å². The Morgan fingerprint density at radius 3 is 1.67 bits per heavy atom. The number of fused-ring (bicyclic) bond motifs is 14. The summed E-state index contributed by atoms with van der Waals surface area (Å²) in [4.78, 5) is 15.3. The molecule has 12 rings (SSSR count). The molecule has 0 fully saturated rings. The zero-order valence-corrected chi connectivity index (χ0v) is 31.8. The van der Waals surface area contributed by atoms with Gasteiger partial charge in [0, 0.05) is 36.9 Å². The van der Waals surface area contributed by atoms with Crippen LogP contribution in [0.15, 0.2) is 182 Å². The highest BCUT2D eigenvalue weighted by atomic mass is 32.1. The normalized spacial score (nSPS) is 14.6. The lowest BCUT2D eigenvalue weighted by molar-refractivity contribution is 0.795. The van der Waals surface area contributed by atoms with Gasteiger partial charge in [-0.1, -0.05) is 152 Å². The van der Waals surface area contributed by atoms with Crippen molar-refractivity contribution in [2.75, 3.05) is 0 Å². The van der Waals surface area contributed by atoms with E-state index in [1.165, 1.54) is 70.2 Å². The lowest BCUT2D eigenvalue weighted by Crippen LogP contribution is -2.26. The summed E-state index contributed by atoms with van der Waals surface area (Å²) in [5, 5.41) is 12.2. The van der Waals surface area contributed by atoms with Crippen molar-refractivity contribution in [2.24, 2.45) is 0 Å². The topological polar surface area (TPSA) is 62.5 Å². The second-order valence-corrected chi connectivity index (χ2v) is 16.0. The molecule has 4 nitrogen and oxygen atoms in total. The van der Waals surface area contributed by atoms with Crippen molar-refractivity contribution in [3.05, 3.63) is 210 Å². The maximum Gasteiger partial charge on any atom is 0.164 e. The van der Waals surface area contributed by atoms with Crippen LogP contribution in [-0.4, -0.2) is 15.0 Å². The molecule has 1 spiro atoms. The molecule has 0 aliphatic heterocycles. The lowest BCUT2D eigenvalue weighted by Gasteiger charge is -2.31. The summed E-state index contributed by atoms with van der Waals surface area (Å²) >= 11 is 1.85. The van der Waals surface area contributed by atoms with Crippen LogP contribution in [0, 0.1) is 11.3 Å². The average Bonchev–Trinajstić information content (AvgIpc) is 3.93. The van der Waals surface area contributed by atoms with E-state index in [1.807, 2.05) is 59.9 Å². The van der Waals surface area contributed by atoms with Crippen LogP contribution in [0.2, 0.25) is 0 Å². The second kappa shape index (κ2) is 12.5. The van der Waals surface area contributed by atoms with Crippen LogP contribution in [0.25, 0.3) is 87.7 Å². The molecule has 2 heterocycles. The Labute approximate surface area is 339 Å². The molecule has 10 aromatic rings. The lowest BCUT2D eigenvalue weighted by atomic mass is 9.70. The second-order valence-electron chi connectivity index (χ2n) is 15.0. The molecule has 0 saturated carbocycles. The number of benzene rings is 8. The van der Waals surface area contributed by atoms with E-state index in [0.29, 0.717) is 23.0 Å². The van der Waals surface area contributed by atoms with Gasteiger partial charge in [0.1, 0.15) is 0 Å². The summed E-state index contributed by atoms with van der Waals surface area (Å²) in [5.41, 5.74) is 15.1. The molecule has 0 saturated heterocycles. The van der Waals surface area contributed by atoms with Crippen molar-refractivity contribution in [1.29, 1.82) is 5.26 Å². The summed E-state index contributed by atoms with van der Waals surface area (Å²) in [6.45, 7) is 0. The van der Waals surface area contributed by atoms with Crippen molar-refractivity contribution in [3.63, 3.8) is 0 Å². The smallest absolute Gasteiger partial charge is 0.164 e. The quantitative estimate of drug-likeness (QED) is 0.179. The van der Waals surface area contributed by atoms with Gasteiger partial charge in [0.2, 0.25) is 0 Å². The number of hydrogen-bond acceptors (Lipinski definition) is 5. The molecule has 8 aromatic carbocycles. The highest BCUT2D eigenvalue weighted by molar-refractivity contribution is 7.26. The summed E-state index contributed by atoms with van der Waals surface area (Å²) in [6, 6.07) is 66.6. The van der Waals surface area contributed by atoms with Gasteiger partial charge in [-0.15, -0.1) is 11.3 Å². The van der Waals surface area contributed by atoms with Gasteiger partial charge >= 0.3 is 0 Å². The summed E-state index contributed by atoms with van der Waals surface area (Å²) in [6.07, 6.45) is 0. The van der Waals surface area contributed by atoms with Crippen molar-refractivity contribution >= 4 is 31.5 Å². The van der Waals surface area contributed by atoms with E-state index < -0.39 is 5.41 Å². The van der Waals surface area contributed by atoms with E-state index in [-0.39, 0.29) is 0 Å². The average molecular weight is 755 g/mol. The molecule has 58 heavy (non-hydrogen) atoms. The van der Waals surface area contributed by atoms with Crippen LogP contribution in [-0.2, 0) is 5.41 Å². The van der Waals surface area contributed by atoms with Crippen LogP contribution >= 0.6 is 11.3 Å². The van der Waals surface area contributed by atoms with E-state index in [9.17, 15) is 5.26 Å². The van der Waals surface area contributed by atoms with E-state index >= 15 is 0 Å². The van der Waals surface area contributed by atoms with Crippen molar-refractivity contribution in [2.45, 2.75) is 5.41 Å². The van der Waals surface area contributed by atoms with Crippen molar-refractivity contribution < 1.29 is 0 Å². The third-order valence-electron chi connectivity index (χ3n) is 12.0. The SMILES string of the molecule is N#Cc1ccc(-c2cc3c(c4c2sc2ccccc24)-c2ccccc2C32c3ccccc3-c3ccc(-c4nc(-c5ccccc5)nc(-c5ccccc5)n4)cc32)cc1. The van der Waals surface area contributed by atoms with Gasteiger partial charge in [0.25, 0.3) is 0 Å². The van der Waals surface area contributed by atoms with Crippen LogP contribution in [0.5, 0.6) is 0 Å². The highest BCUT2D eigenvalue weighted by Crippen LogP contribution is 2.65. The van der Waals surface area contributed by atoms with Gasteiger partial charge in [0.15, 0.2) is 17.5 Å². The zero-order chi connectivity index (χ0) is 38.4. The minimum absolute atomic E-state index is 0.621. The first-order valence-electron chi connectivity index (χ1n) is 19.4. The van der Waals surface area contributed by atoms with Gasteiger partial charge in [-0.05, 0) is 86.0 Å². The molecule has 2 aliphatic carbocycles. The Kier molecular flexibility index (Phi) is 7.04. The minimum atomic E-state index is -0.621. The van der Waals surface area contributed by atoms with E-state index in [1.54, 1.807) is 0 Å². The maximum absolute atomic E-state index is 9.71. The molecule has 2 aromatic heterocycles. The maximum atomic E-state index is 9.71. The first kappa shape index (κ1) is 32.7. The van der Waals surface area contributed by atoms with Crippen LogP contribution < -0.4 is 0 Å². The number of hydrogen-bond donors (Lipinski definition) is 0. The van der Waals surface area contributed by atoms with Crippen LogP contribution in [0.1, 0.15) is 27.8 Å². The molecular weight excluding hydrogens is 725 g/mol. The van der Waals surface area contributed by atoms with Gasteiger partial charge < -0.3 is 0 Å². The monoisotopic (exact) mass is 754 g/mol. The Balaban J connectivity index is 1.18. The fraction of sp³-hybridized carbons (Fsp3) is 0.0189. The molecule has 1 unspecified atom stereocenters. The summed E-state index contributed by atoms with van der Waals surface area (Å²) in [7, 11) is 0. The number of rotatable bonds is 4. The number of nitrogens with zero attached hydrogens (tertiary/aromatic N) is 4. The van der Waals surface area contributed by atoms with Crippen molar-refractivity contribution in [1.82, 2.24) is 15.0 Å². The molecule has 0 amide bonds. The molecule has 1 atom stereocenters. The van der Waals surface area contributed by atoms with Gasteiger partial charge in [-0.3, -0.25) is 0 Å². The van der Waals surface area contributed by atoms with Crippen molar-refractivity contribution in [3.8, 4) is 73.6 Å². The molecule has 0 N–H and O–H groups in total. The largest absolute Gasteiger partial charge is 0.208 e. The third-order valence-corrected chi connectivity index (χ3v) is 13.2. The van der Waals surface area contributed by atoms with Gasteiger partial charge in [-0.25, -0.2) is 15.0 Å². The predicted molar refractivity (Wildman–Crippen MR) is 235 cm³/mol. The third kappa shape index (κ3) is 4.58. The predicted octanol–water partition coefficient (Wildman–Crippen LogP) is 13.1. The molecule has 0 bridgehead atoms. The van der Waals surface area contributed by atoms with Crippen LogP contribution in [0.3, 0.4) is 0 Å². The summed E-state index contributed by atoms with van der Waals surface area (Å²) < 4.78 is 2.51. The molecule has 2 aliphatic rings. The summed E-state index contributed by atoms with van der Waals surface area (Å²) in [5.74, 6) is 1.90. The number of nitriles is 1. The fourth-order valence-corrected chi connectivity index (χ4v) is 10.8. The van der Waals surface area contributed by atoms with E-state index in [4.69, 9.17) is 15.0 Å². The Morgan fingerprint density at radius 2 is 0.983 bits per heavy atom. The number of thiophene rings is 1. The first-order chi connectivity index (χ1) is 28.7. The Hall–Kier alpha value is -7.52. The Morgan fingerprint density at radius 1 is 0.431 bits per heavy atom. The van der Waals surface area contributed by atoms with Crippen LogP contribution in [0.4, 0.5) is 0 Å². The molecular formula is C53H30N4S. The highest BCUT2D eigenvalue weighted by Gasteiger charge is 2.52. The van der Waals surface area contributed by atoms with Gasteiger partial charge in [0.05, 0.1) is 17.0 Å². The molecule has 268 valence electrons. The van der Waals surface area contributed by atoms with E-state index in [0.717, 1.165) is 22.3 Å². The fourth-order valence-electron chi connectivity index (χ4n) is 9.52. The number of aromatic nitrogens is 3. The van der Waals surface area contributed by atoms with E-state index in [2.05, 4.69) is 140 Å². The first-order valence-corrected chi connectivity index (χ1v) is 20.2. The molecule has 0 radical (unpaired) electrons. The minimum Gasteiger partial charge on any atom is -0.208 e.